The van der Waals surface area contributed by atoms with Crippen molar-refractivity contribution in [3.63, 3.8) is 0 Å². The molecule has 4 N–H and O–H groups in total. The summed E-state index contributed by atoms with van der Waals surface area (Å²) < 4.78 is 10.5. The van der Waals surface area contributed by atoms with E-state index in [0.717, 1.165) is 4.90 Å². The van der Waals surface area contributed by atoms with Gasteiger partial charge in [0.25, 0.3) is 11.8 Å². The number of nitrogens with zero attached hydrogens (tertiary/aromatic N) is 1. The van der Waals surface area contributed by atoms with Gasteiger partial charge < -0.3 is 30.3 Å². The Morgan fingerprint density at radius 2 is 1.87 bits per heavy atom. The van der Waals surface area contributed by atoms with Crippen LogP contribution in [0.15, 0.2) is 18.2 Å². The predicted octanol–water partition coefficient (Wildman–Crippen LogP) is -0.201. The van der Waals surface area contributed by atoms with E-state index in [-0.39, 0.29) is 49.5 Å². The van der Waals surface area contributed by atoms with Crippen molar-refractivity contribution in [1.82, 2.24) is 10.2 Å². The highest BCUT2D eigenvalue weighted by molar-refractivity contribution is 6.24. The number of hydrogen-bond acceptors (Lipinski definition) is 8. The molecule has 3 rings (SSSR count). The number of aliphatic hydroxyl groups is 1. The van der Waals surface area contributed by atoms with Gasteiger partial charge in [0.2, 0.25) is 5.91 Å². The molecule has 2 atom stereocenters. The van der Waals surface area contributed by atoms with E-state index >= 15 is 0 Å². The summed E-state index contributed by atoms with van der Waals surface area (Å²) in [5.41, 5.74) is 0.953. The van der Waals surface area contributed by atoms with Gasteiger partial charge in [-0.25, -0.2) is 0 Å². The number of carbonyl (C=O) groups excluding carboxylic acids is 3. The molecule has 31 heavy (non-hydrogen) atoms. The summed E-state index contributed by atoms with van der Waals surface area (Å²) in [6.45, 7) is 1.38. The van der Waals surface area contributed by atoms with Crippen molar-refractivity contribution in [3.8, 4) is 0 Å². The first kappa shape index (κ1) is 22.7. The van der Waals surface area contributed by atoms with Gasteiger partial charge >= 0.3 is 5.97 Å². The number of amides is 3. The summed E-state index contributed by atoms with van der Waals surface area (Å²) in [5.74, 6) is -2.26. The fourth-order valence-electron chi connectivity index (χ4n) is 3.53. The highest BCUT2D eigenvalue weighted by atomic mass is 16.5. The Morgan fingerprint density at radius 3 is 2.58 bits per heavy atom. The summed E-state index contributed by atoms with van der Waals surface area (Å²) in [6.07, 6.45) is -1.04. The number of benzene rings is 1. The van der Waals surface area contributed by atoms with Crippen LogP contribution < -0.4 is 10.6 Å². The third-order valence-corrected chi connectivity index (χ3v) is 5.01. The Kier molecular flexibility index (Phi) is 7.55. The second kappa shape index (κ2) is 10.3. The van der Waals surface area contributed by atoms with Crippen molar-refractivity contribution in [2.45, 2.75) is 31.5 Å². The molecule has 1 fully saturated rings. The standard InChI is InChI=1S/C20H25N3O8/c24-15-5-4-14(18(27)22-15)23-19(28)12-2-1-3-13(17(12)20(23)29)21-7-9-31-11-10-30-8-6-16(25)26/h1-3,14,18,21,27H,4-11H2,(H,22,24)(H,25,26). The number of carbonyl (C=O) groups is 4. The lowest BCUT2D eigenvalue weighted by atomic mass is 10.0. The van der Waals surface area contributed by atoms with Crippen molar-refractivity contribution in [3.05, 3.63) is 29.3 Å². The van der Waals surface area contributed by atoms with Crippen LogP contribution in [-0.2, 0) is 19.1 Å². The lowest BCUT2D eigenvalue weighted by Crippen LogP contribution is -2.57. The minimum Gasteiger partial charge on any atom is -0.481 e. The number of ether oxygens (including phenoxy) is 2. The Bertz CT molecular complexity index is 859. The number of piperidine rings is 1. The Labute approximate surface area is 178 Å². The molecule has 1 aromatic rings. The van der Waals surface area contributed by atoms with Gasteiger partial charge in [0.05, 0.1) is 50.0 Å². The molecule has 168 valence electrons. The highest BCUT2D eigenvalue weighted by Gasteiger charge is 2.45. The third kappa shape index (κ3) is 5.37. The molecule has 2 heterocycles. The van der Waals surface area contributed by atoms with E-state index in [1.807, 2.05) is 0 Å². The first-order chi connectivity index (χ1) is 14.9. The average molecular weight is 435 g/mol. The number of imide groups is 1. The molecule has 0 bridgehead atoms. The molecule has 11 nitrogen and oxygen atoms in total. The zero-order valence-corrected chi connectivity index (χ0v) is 16.8. The van der Waals surface area contributed by atoms with Crippen molar-refractivity contribution >= 4 is 29.4 Å². The minimum atomic E-state index is -1.30. The summed E-state index contributed by atoms with van der Waals surface area (Å²) in [6, 6.07) is 4.08. The first-order valence-electron chi connectivity index (χ1n) is 9.99. The number of aliphatic carboxylic acids is 1. The highest BCUT2D eigenvalue weighted by Crippen LogP contribution is 2.32. The molecule has 11 heteroatoms. The number of anilines is 1. The fourth-order valence-corrected chi connectivity index (χ4v) is 3.53. The Hall–Kier alpha value is -3.02. The normalized spacial score (nSPS) is 20.5. The third-order valence-electron chi connectivity index (χ3n) is 5.01. The summed E-state index contributed by atoms with van der Waals surface area (Å²) in [5, 5.41) is 24.1. The van der Waals surface area contributed by atoms with Crippen molar-refractivity contribution < 1.29 is 38.9 Å². The van der Waals surface area contributed by atoms with Crippen LogP contribution in [0.1, 0.15) is 40.0 Å². The number of hydrogen-bond donors (Lipinski definition) is 4. The van der Waals surface area contributed by atoms with Gasteiger partial charge in [-0.2, -0.15) is 0 Å². The molecule has 2 aliphatic heterocycles. The van der Waals surface area contributed by atoms with Gasteiger partial charge in [-0.1, -0.05) is 6.07 Å². The first-order valence-corrected chi connectivity index (χ1v) is 9.99. The van der Waals surface area contributed by atoms with Crippen LogP contribution in [-0.4, -0.2) is 84.0 Å². The van der Waals surface area contributed by atoms with Gasteiger partial charge in [0, 0.05) is 18.7 Å². The molecule has 0 aliphatic carbocycles. The predicted molar refractivity (Wildman–Crippen MR) is 106 cm³/mol. The molecule has 2 aliphatic rings. The van der Waals surface area contributed by atoms with E-state index < -0.39 is 30.1 Å². The summed E-state index contributed by atoms with van der Waals surface area (Å²) in [7, 11) is 0. The van der Waals surface area contributed by atoms with Crippen molar-refractivity contribution in [2.75, 3.05) is 38.3 Å². The number of fused-ring (bicyclic) bond motifs is 1. The molecule has 3 amide bonds. The lowest BCUT2D eigenvalue weighted by Gasteiger charge is -2.33. The van der Waals surface area contributed by atoms with Gasteiger partial charge in [0.1, 0.15) is 6.23 Å². The molecule has 0 aromatic heterocycles. The summed E-state index contributed by atoms with van der Waals surface area (Å²) >= 11 is 0. The van der Waals surface area contributed by atoms with E-state index in [4.69, 9.17) is 14.6 Å². The zero-order chi connectivity index (χ0) is 22.4. The van der Waals surface area contributed by atoms with E-state index in [0.29, 0.717) is 25.4 Å². The van der Waals surface area contributed by atoms with Crippen LogP contribution in [0.2, 0.25) is 0 Å². The summed E-state index contributed by atoms with van der Waals surface area (Å²) in [4.78, 5) is 48.6. The van der Waals surface area contributed by atoms with E-state index in [1.54, 1.807) is 18.2 Å². The quantitative estimate of drug-likeness (QED) is 0.273. The average Bonchev–Trinajstić information content (AvgIpc) is 2.98. The van der Waals surface area contributed by atoms with E-state index in [9.17, 15) is 24.3 Å². The number of carboxylic acid groups (broad SMARTS) is 1. The minimum absolute atomic E-state index is 0.0608. The van der Waals surface area contributed by atoms with Gasteiger partial charge in [-0.15, -0.1) is 0 Å². The van der Waals surface area contributed by atoms with Crippen LogP contribution in [0.5, 0.6) is 0 Å². The number of carboxylic acids is 1. The maximum atomic E-state index is 13.0. The fraction of sp³-hybridized carbons (Fsp3) is 0.500. The Morgan fingerprint density at radius 1 is 1.13 bits per heavy atom. The molecule has 1 aromatic carbocycles. The van der Waals surface area contributed by atoms with Crippen LogP contribution in [0, 0.1) is 0 Å². The maximum Gasteiger partial charge on any atom is 0.305 e. The van der Waals surface area contributed by atoms with Gasteiger partial charge in [-0.05, 0) is 18.6 Å². The molecular formula is C20H25N3O8. The SMILES string of the molecule is O=C(O)CCOCCOCCNc1cccc2c1C(=O)N(C1CCC(=O)NC1O)C2=O. The largest absolute Gasteiger partial charge is 0.481 e. The van der Waals surface area contributed by atoms with Crippen LogP contribution in [0.3, 0.4) is 0 Å². The second-order valence-corrected chi connectivity index (χ2v) is 7.12. The Balaban J connectivity index is 1.52. The molecule has 0 spiro atoms. The van der Waals surface area contributed by atoms with Gasteiger partial charge in [-0.3, -0.25) is 24.1 Å². The monoisotopic (exact) mass is 435 g/mol. The zero-order valence-electron chi connectivity index (χ0n) is 16.8. The second-order valence-electron chi connectivity index (χ2n) is 7.12. The molecule has 1 saturated heterocycles. The maximum absolute atomic E-state index is 13.0. The lowest BCUT2D eigenvalue weighted by molar-refractivity contribution is -0.138. The topological polar surface area (TPSA) is 154 Å². The smallest absolute Gasteiger partial charge is 0.305 e. The van der Waals surface area contributed by atoms with E-state index in [2.05, 4.69) is 10.6 Å². The van der Waals surface area contributed by atoms with Crippen LogP contribution in [0.25, 0.3) is 0 Å². The van der Waals surface area contributed by atoms with Crippen LogP contribution in [0.4, 0.5) is 5.69 Å². The molecule has 0 radical (unpaired) electrons. The van der Waals surface area contributed by atoms with Crippen molar-refractivity contribution in [1.29, 1.82) is 0 Å². The van der Waals surface area contributed by atoms with Crippen molar-refractivity contribution in [2.24, 2.45) is 0 Å². The van der Waals surface area contributed by atoms with E-state index in [1.165, 1.54) is 0 Å². The molecule has 0 saturated carbocycles. The number of aliphatic hydroxyl groups excluding tert-OH is 1. The van der Waals surface area contributed by atoms with Crippen LogP contribution >= 0.6 is 0 Å². The molecular weight excluding hydrogens is 410 g/mol. The molecule has 2 unspecified atom stereocenters. The van der Waals surface area contributed by atoms with Gasteiger partial charge in [0.15, 0.2) is 0 Å². The number of nitrogens with one attached hydrogen (secondary N) is 2. The number of rotatable bonds is 11.